The fourth-order valence-electron chi connectivity index (χ4n) is 2.99. The second-order valence-corrected chi connectivity index (χ2v) is 6.31. The molecule has 2 N–H and O–H groups in total. The van der Waals surface area contributed by atoms with Crippen molar-refractivity contribution in [2.45, 2.75) is 45.1 Å². The third-order valence-corrected chi connectivity index (χ3v) is 5.20. The Balaban J connectivity index is 2.45. The Morgan fingerprint density at radius 3 is 2.26 bits per heavy atom. The lowest BCUT2D eigenvalue weighted by Crippen LogP contribution is -2.37. The Morgan fingerprint density at radius 1 is 1.16 bits per heavy atom. The van der Waals surface area contributed by atoms with Gasteiger partial charge >= 0.3 is 0 Å². The number of nitrogens with two attached hydrogens (primary N) is 1. The summed E-state index contributed by atoms with van der Waals surface area (Å²) in [6, 6.07) is 13.0. The van der Waals surface area contributed by atoms with Crippen molar-refractivity contribution in [1.82, 2.24) is 0 Å². The molecule has 0 saturated heterocycles. The van der Waals surface area contributed by atoms with Crippen molar-refractivity contribution in [3.05, 3.63) is 57.8 Å². The van der Waals surface area contributed by atoms with Crippen LogP contribution in [0.25, 0.3) is 0 Å². The van der Waals surface area contributed by atoms with Crippen LogP contribution < -0.4 is 5.73 Å². The highest BCUT2D eigenvalue weighted by atomic mass is 32.1. The van der Waals surface area contributed by atoms with Gasteiger partial charge in [0.25, 0.3) is 0 Å². The molecule has 0 radical (unpaired) electrons. The van der Waals surface area contributed by atoms with E-state index in [-0.39, 0.29) is 11.5 Å². The number of rotatable bonds is 5. The van der Waals surface area contributed by atoms with Gasteiger partial charge in [-0.25, -0.2) is 0 Å². The van der Waals surface area contributed by atoms with Gasteiger partial charge in [0, 0.05) is 16.3 Å². The minimum absolute atomic E-state index is 0.0365. The molecular formula is C17H23NS. The average molecular weight is 273 g/mol. The second-order valence-electron chi connectivity index (χ2n) is 5.20. The largest absolute Gasteiger partial charge is 0.323 e. The van der Waals surface area contributed by atoms with Crippen LogP contribution in [0.5, 0.6) is 0 Å². The fourth-order valence-corrected chi connectivity index (χ4v) is 3.73. The van der Waals surface area contributed by atoms with E-state index in [1.165, 1.54) is 16.0 Å². The first-order valence-corrected chi connectivity index (χ1v) is 7.88. The molecule has 0 bridgehead atoms. The SMILES string of the molecule is CCC(CC)(c1ccccc1)C(N)c1csc(C)c1. The van der Waals surface area contributed by atoms with E-state index in [2.05, 4.69) is 62.5 Å². The zero-order valence-corrected chi connectivity index (χ0v) is 12.8. The summed E-state index contributed by atoms with van der Waals surface area (Å²) in [5.41, 5.74) is 9.31. The molecule has 0 aliphatic carbocycles. The van der Waals surface area contributed by atoms with E-state index in [4.69, 9.17) is 5.73 Å². The lowest BCUT2D eigenvalue weighted by molar-refractivity contribution is 0.322. The highest BCUT2D eigenvalue weighted by Crippen LogP contribution is 2.42. The van der Waals surface area contributed by atoms with Gasteiger partial charge in [-0.05, 0) is 42.3 Å². The summed E-state index contributed by atoms with van der Waals surface area (Å²) in [5, 5.41) is 2.21. The molecule has 102 valence electrons. The minimum atomic E-state index is 0.0365. The molecular weight excluding hydrogens is 250 g/mol. The molecule has 0 spiro atoms. The minimum Gasteiger partial charge on any atom is -0.323 e. The van der Waals surface area contributed by atoms with E-state index < -0.39 is 0 Å². The van der Waals surface area contributed by atoms with Crippen molar-refractivity contribution in [3.8, 4) is 0 Å². The van der Waals surface area contributed by atoms with Gasteiger partial charge in [-0.15, -0.1) is 11.3 Å². The van der Waals surface area contributed by atoms with Crippen LogP contribution >= 0.6 is 11.3 Å². The molecule has 1 unspecified atom stereocenters. The molecule has 0 amide bonds. The van der Waals surface area contributed by atoms with Crippen LogP contribution in [0.2, 0.25) is 0 Å². The molecule has 0 saturated carbocycles. The van der Waals surface area contributed by atoms with Gasteiger partial charge in [-0.3, -0.25) is 0 Å². The number of benzene rings is 1. The van der Waals surface area contributed by atoms with E-state index in [0.717, 1.165) is 12.8 Å². The highest BCUT2D eigenvalue weighted by Gasteiger charge is 2.36. The summed E-state index contributed by atoms with van der Waals surface area (Å²) in [5.74, 6) is 0. The third kappa shape index (κ3) is 2.60. The Kier molecular flexibility index (Phi) is 4.43. The first kappa shape index (κ1) is 14.3. The molecule has 2 heteroatoms. The first-order chi connectivity index (χ1) is 9.14. The molecule has 2 aromatic rings. The Labute approximate surface area is 120 Å². The van der Waals surface area contributed by atoms with Crippen LogP contribution in [-0.4, -0.2) is 0 Å². The van der Waals surface area contributed by atoms with Crippen LogP contribution in [0.3, 0.4) is 0 Å². The van der Waals surface area contributed by atoms with Gasteiger partial charge in [-0.1, -0.05) is 44.2 Å². The quantitative estimate of drug-likeness (QED) is 0.831. The molecule has 1 aromatic heterocycles. The topological polar surface area (TPSA) is 26.0 Å². The monoisotopic (exact) mass is 273 g/mol. The van der Waals surface area contributed by atoms with Crippen molar-refractivity contribution in [2.75, 3.05) is 0 Å². The van der Waals surface area contributed by atoms with E-state index in [0.29, 0.717) is 0 Å². The van der Waals surface area contributed by atoms with Crippen LogP contribution in [0.15, 0.2) is 41.8 Å². The van der Waals surface area contributed by atoms with Gasteiger partial charge in [0.15, 0.2) is 0 Å². The maximum atomic E-state index is 6.65. The maximum absolute atomic E-state index is 6.65. The molecule has 1 nitrogen and oxygen atoms in total. The van der Waals surface area contributed by atoms with Crippen LogP contribution in [0, 0.1) is 6.92 Å². The molecule has 1 aromatic carbocycles. The number of thiophene rings is 1. The highest BCUT2D eigenvalue weighted by molar-refractivity contribution is 7.10. The Bertz CT molecular complexity index is 511. The second kappa shape index (κ2) is 5.89. The van der Waals surface area contributed by atoms with Crippen LogP contribution in [0.1, 0.15) is 48.7 Å². The average Bonchev–Trinajstić information content (AvgIpc) is 2.88. The van der Waals surface area contributed by atoms with E-state index in [1.54, 1.807) is 11.3 Å². The van der Waals surface area contributed by atoms with Crippen LogP contribution in [-0.2, 0) is 5.41 Å². The van der Waals surface area contributed by atoms with Crippen molar-refractivity contribution < 1.29 is 0 Å². The van der Waals surface area contributed by atoms with Gasteiger partial charge in [0.2, 0.25) is 0 Å². The Hall–Kier alpha value is -1.12. The van der Waals surface area contributed by atoms with Gasteiger partial charge in [0.1, 0.15) is 0 Å². The summed E-state index contributed by atoms with van der Waals surface area (Å²) in [6.07, 6.45) is 2.12. The van der Waals surface area contributed by atoms with Crippen molar-refractivity contribution in [1.29, 1.82) is 0 Å². The normalized spacial score (nSPS) is 13.5. The van der Waals surface area contributed by atoms with Gasteiger partial charge in [-0.2, -0.15) is 0 Å². The molecule has 1 heterocycles. The molecule has 2 rings (SSSR count). The van der Waals surface area contributed by atoms with E-state index in [9.17, 15) is 0 Å². The van der Waals surface area contributed by atoms with Crippen molar-refractivity contribution in [2.24, 2.45) is 5.73 Å². The Morgan fingerprint density at radius 2 is 1.79 bits per heavy atom. The third-order valence-electron chi connectivity index (χ3n) is 4.32. The predicted molar refractivity (Wildman–Crippen MR) is 84.7 cm³/mol. The lowest BCUT2D eigenvalue weighted by Gasteiger charge is -2.38. The molecule has 0 aliphatic heterocycles. The number of aryl methyl sites for hydroxylation is 1. The van der Waals surface area contributed by atoms with Gasteiger partial charge in [0.05, 0.1) is 0 Å². The standard InChI is InChI=1S/C17H23NS/c1-4-17(5-2,15-9-7-6-8-10-15)16(18)14-11-13(3)19-12-14/h6-12,16H,4-5,18H2,1-3H3. The number of hydrogen-bond donors (Lipinski definition) is 1. The van der Waals surface area contributed by atoms with E-state index >= 15 is 0 Å². The zero-order valence-electron chi connectivity index (χ0n) is 12.0. The molecule has 0 aliphatic rings. The smallest absolute Gasteiger partial charge is 0.0401 e. The summed E-state index contributed by atoms with van der Waals surface area (Å²) < 4.78 is 0. The summed E-state index contributed by atoms with van der Waals surface area (Å²) in [7, 11) is 0. The maximum Gasteiger partial charge on any atom is 0.0401 e. The zero-order chi connectivity index (χ0) is 13.9. The summed E-state index contributed by atoms with van der Waals surface area (Å²) in [4.78, 5) is 1.33. The summed E-state index contributed by atoms with van der Waals surface area (Å²) in [6.45, 7) is 6.63. The molecule has 0 fully saturated rings. The van der Waals surface area contributed by atoms with Crippen LogP contribution in [0.4, 0.5) is 0 Å². The summed E-state index contributed by atoms with van der Waals surface area (Å²) >= 11 is 1.79. The lowest BCUT2D eigenvalue weighted by atomic mass is 9.69. The predicted octanol–water partition coefficient (Wildman–Crippen LogP) is 4.81. The van der Waals surface area contributed by atoms with Crippen molar-refractivity contribution >= 4 is 11.3 Å². The van der Waals surface area contributed by atoms with Gasteiger partial charge < -0.3 is 5.73 Å². The fraction of sp³-hybridized carbons (Fsp3) is 0.412. The van der Waals surface area contributed by atoms with E-state index in [1.807, 2.05) is 0 Å². The van der Waals surface area contributed by atoms with Crippen molar-refractivity contribution in [3.63, 3.8) is 0 Å². The number of hydrogen-bond acceptors (Lipinski definition) is 2. The molecule has 19 heavy (non-hydrogen) atoms. The molecule has 1 atom stereocenters. The first-order valence-electron chi connectivity index (χ1n) is 7.00.